The Morgan fingerprint density at radius 1 is 0.805 bits per heavy atom. The Balaban J connectivity index is 1.60. The van der Waals surface area contributed by atoms with Crippen LogP contribution >= 0.6 is 0 Å². The summed E-state index contributed by atoms with van der Waals surface area (Å²) < 4.78 is 51.1. The van der Waals surface area contributed by atoms with Gasteiger partial charge in [-0.25, -0.2) is 8.42 Å². The predicted octanol–water partition coefficient (Wildman–Crippen LogP) is 5.16. The number of carbonyl (C=O) groups excluding carboxylic acids is 1. The molecule has 0 bridgehead atoms. The summed E-state index contributed by atoms with van der Waals surface area (Å²) in [6, 6.07) is 15.0. The normalized spacial score (nSPS) is 13.5. The molecule has 218 valence electrons. The molecule has 3 aromatic carbocycles. The molecule has 41 heavy (non-hydrogen) atoms. The van der Waals surface area contributed by atoms with Crippen LogP contribution < -0.4 is 33.9 Å². The maximum absolute atomic E-state index is 13.6. The van der Waals surface area contributed by atoms with E-state index >= 15 is 0 Å². The lowest BCUT2D eigenvalue weighted by atomic mass is 10.1. The first kappa shape index (κ1) is 29.6. The molecule has 0 aromatic heterocycles. The van der Waals surface area contributed by atoms with Gasteiger partial charge in [-0.05, 0) is 85.5 Å². The number of carbonyl (C=O) groups is 1. The number of sulfonamides is 1. The van der Waals surface area contributed by atoms with Crippen LogP contribution in [0.5, 0.6) is 23.0 Å². The van der Waals surface area contributed by atoms with Gasteiger partial charge in [-0.1, -0.05) is 0 Å². The van der Waals surface area contributed by atoms with Crippen LogP contribution in [0.25, 0.3) is 6.08 Å². The van der Waals surface area contributed by atoms with E-state index in [1.54, 1.807) is 61.7 Å². The monoisotopic (exact) mass is 581 g/mol. The fourth-order valence-corrected chi connectivity index (χ4v) is 5.94. The van der Waals surface area contributed by atoms with Crippen LogP contribution in [0.15, 0.2) is 65.6 Å². The Kier molecular flexibility index (Phi) is 9.61. The topological polar surface area (TPSA) is 115 Å². The zero-order chi connectivity index (χ0) is 29.4. The Morgan fingerprint density at radius 2 is 1.44 bits per heavy atom. The Labute approximate surface area is 240 Å². The van der Waals surface area contributed by atoms with Crippen molar-refractivity contribution >= 4 is 39.1 Å². The van der Waals surface area contributed by atoms with Gasteiger partial charge in [-0.2, -0.15) is 0 Å². The molecule has 4 rings (SSSR count). The fourth-order valence-electron chi connectivity index (χ4n) is 4.63. The van der Waals surface area contributed by atoms with Crippen molar-refractivity contribution in [2.45, 2.75) is 24.2 Å². The number of methoxy groups -OCH3 is 4. The minimum Gasteiger partial charge on any atom is -0.497 e. The van der Waals surface area contributed by atoms with E-state index in [-0.39, 0.29) is 4.90 Å². The molecular formula is C30H35N3O7S. The van der Waals surface area contributed by atoms with Crippen LogP contribution in [-0.2, 0) is 14.8 Å². The highest BCUT2D eigenvalue weighted by atomic mass is 32.2. The molecule has 3 aromatic rings. The SMILES string of the molecule is COc1ccc(NS(=O)(=O)c2cc(NC(=O)C=Cc3cc(OC)c(OC)c(OC)c3)ccc2N2CCCCC2)cc1. The third-order valence-electron chi connectivity index (χ3n) is 6.67. The van der Waals surface area contributed by atoms with E-state index in [2.05, 4.69) is 14.9 Å². The van der Waals surface area contributed by atoms with Crippen molar-refractivity contribution in [1.29, 1.82) is 0 Å². The largest absolute Gasteiger partial charge is 0.497 e. The predicted molar refractivity (Wildman–Crippen MR) is 160 cm³/mol. The second-order valence-electron chi connectivity index (χ2n) is 9.35. The standard InChI is InChI=1S/C30H35N3O7S/c1-37-24-12-9-22(10-13-24)32-41(35,36)28-20-23(11-14-25(28)33-16-6-5-7-17-33)31-29(34)15-8-21-18-26(38-2)30(40-4)27(19-21)39-3/h8-15,18-20,32H,5-7,16-17H2,1-4H3,(H,31,34). The smallest absolute Gasteiger partial charge is 0.264 e. The van der Waals surface area contributed by atoms with Crippen LogP contribution in [0.1, 0.15) is 24.8 Å². The van der Waals surface area contributed by atoms with Crippen molar-refractivity contribution in [1.82, 2.24) is 0 Å². The van der Waals surface area contributed by atoms with Gasteiger partial charge in [0.2, 0.25) is 11.7 Å². The summed E-state index contributed by atoms with van der Waals surface area (Å²) in [7, 11) is 2.10. The van der Waals surface area contributed by atoms with Gasteiger partial charge in [0.15, 0.2) is 11.5 Å². The van der Waals surface area contributed by atoms with Gasteiger partial charge in [0.05, 0.1) is 34.1 Å². The molecule has 0 aliphatic carbocycles. The molecule has 2 N–H and O–H groups in total. The number of hydrogen-bond donors (Lipinski definition) is 2. The number of ether oxygens (including phenoxy) is 4. The Morgan fingerprint density at radius 3 is 2.02 bits per heavy atom. The minimum absolute atomic E-state index is 0.0848. The fraction of sp³-hybridized carbons (Fsp3) is 0.300. The van der Waals surface area contributed by atoms with Crippen LogP contribution in [-0.4, -0.2) is 55.9 Å². The molecule has 1 aliphatic heterocycles. The lowest BCUT2D eigenvalue weighted by Crippen LogP contribution is -2.31. The summed E-state index contributed by atoms with van der Waals surface area (Å²) in [6.45, 7) is 1.52. The lowest BCUT2D eigenvalue weighted by Gasteiger charge is -2.30. The van der Waals surface area contributed by atoms with Gasteiger partial charge in [0, 0.05) is 30.5 Å². The Hall–Kier alpha value is -4.38. The first-order chi connectivity index (χ1) is 19.8. The maximum atomic E-state index is 13.6. The van der Waals surface area contributed by atoms with Gasteiger partial charge in [-0.15, -0.1) is 0 Å². The van der Waals surface area contributed by atoms with Crippen molar-refractivity contribution in [2.24, 2.45) is 0 Å². The van der Waals surface area contributed by atoms with Gasteiger partial charge < -0.3 is 29.2 Å². The van der Waals surface area contributed by atoms with E-state index in [0.29, 0.717) is 45.6 Å². The molecule has 0 radical (unpaired) electrons. The van der Waals surface area contributed by atoms with E-state index in [0.717, 1.165) is 32.4 Å². The molecule has 1 aliphatic rings. The number of nitrogens with one attached hydrogen (secondary N) is 2. The van der Waals surface area contributed by atoms with Gasteiger partial charge in [0.1, 0.15) is 10.6 Å². The van der Waals surface area contributed by atoms with Crippen LogP contribution in [0.2, 0.25) is 0 Å². The molecule has 1 saturated heterocycles. The van der Waals surface area contributed by atoms with Crippen molar-refractivity contribution in [2.75, 3.05) is 56.5 Å². The maximum Gasteiger partial charge on any atom is 0.264 e. The van der Waals surface area contributed by atoms with E-state index in [4.69, 9.17) is 18.9 Å². The van der Waals surface area contributed by atoms with Crippen molar-refractivity contribution in [3.63, 3.8) is 0 Å². The first-order valence-electron chi connectivity index (χ1n) is 13.1. The van der Waals surface area contributed by atoms with E-state index < -0.39 is 15.9 Å². The average molecular weight is 582 g/mol. The molecule has 1 amide bonds. The number of amides is 1. The third-order valence-corrected chi connectivity index (χ3v) is 8.08. The number of benzene rings is 3. The summed E-state index contributed by atoms with van der Waals surface area (Å²) >= 11 is 0. The highest BCUT2D eigenvalue weighted by Gasteiger charge is 2.24. The molecule has 0 spiro atoms. The van der Waals surface area contributed by atoms with Crippen LogP contribution in [0.4, 0.5) is 17.1 Å². The summed E-state index contributed by atoms with van der Waals surface area (Å²) in [4.78, 5) is 15.0. The highest BCUT2D eigenvalue weighted by molar-refractivity contribution is 7.92. The Bertz CT molecular complexity index is 1470. The van der Waals surface area contributed by atoms with Gasteiger partial charge >= 0.3 is 0 Å². The second kappa shape index (κ2) is 13.3. The summed E-state index contributed by atoms with van der Waals surface area (Å²) in [5, 5.41) is 2.77. The molecule has 11 heteroatoms. The number of piperidine rings is 1. The molecule has 10 nitrogen and oxygen atoms in total. The number of hydrogen-bond acceptors (Lipinski definition) is 8. The zero-order valence-electron chi connectivity index (χ0n) is 23.6. The molecule has 0 unspecified atom stereocenters. The average Bonchev–Trinajstić information content (AvgIpc) is 3.00. The second-order valence-corrected chi connectivity index (χ2v) is 11.0. The number of anilines is 3. The quantitative estimate of drug-likeness (QED) is 0.298. The van der Waals surface area contributed by atoms with E-state index in [1.165, 1.54) is 33.5 Å². The van der Waals surface area contributed by atoms with Crippen LogP contribution in [0, 0.1) is 0 Å². The third kappa shape index (κ3) is 7.23. The molecular weight excluding hydrogens is 546 g/mol. The van der Waals surface area contributed by atoms with Crippen LogP contribution in [0.3, 0.4) is 0 Å². The van der Waals surface area contributed by atoms with Crippen molar-refractivity contribution in [3.8, 4) is 23.0 Å². The number of nitrogens with zero attached hydrogens (tertiary/aromatic N) is 1. The molecule has 0 saturated carbocycles. The molecule has 1 heterocycles. The summed E-state index contributed by atoms with van der Waals surface area (Å²) in [5.41, 5.74) is 2.00. The molecule has 0 atom stereocenters. The molecule has 1 fully saturated rings. The van der Waals surface area contributed by atoms with Gasteiger partial charge in [-0.3, -0.25) is 9.52 Å². The van der Waals surface area contributed by atoms with E-state index in [1.807, 2.05) is 0 Å². The van der Waals surface area contributed by atoms with Gasteiger partial charge in [0.25, 0.3) is 10.0 Å². The number of rotatable bonds is 11. The minimum atomic E-state index is -3.99. The van der Waals surface area contributed by atoms with Crippen molar-refractivity contribution < 1.29 is 32.2 Å². The van der Waals surface area contributed by atoms with E-state index in [9.17, 15) is 13.2 Å². The zero-order valence-corrected chi connectivity index (χ0v) is 24.4. The lowest BCUT2D eigenvalue weighted by molar-refractivity contribution is -0.111. The first-order valence-corrected chi connectivity index (χ1v) is 14.6. The van der Waals surface area contributed by atoms with Crippen molar-refractivity contribution in [3.05, 3.63) is 66.2 Å². The summed E-state index contributed by atoms with van der Waals surface area (Å²) in [6.07, 6.45) is 6.02. The summed E-state index contributed by atoms with van der Waals surface area (Å²) in [5.74, 6) is 1.54. The highest BCUT2D eigenvalue weighted by Crippen LogP contribution is 2.38.